The van der Waals surface area contributed by atoms with Crippen molar-refractivity contribution < 1.29 is 14.6 Å². The van der Waals surface area contributed by atoms with E-state index in [9.17, 15) is 9.90 Å². The predicted octanol–water partition coefficient (Wildman–Crippen LogP) is 3.23. The van der Waals surface area contributed by atoms with Crippen LogP contribution in [0.5, 0.6) is 0 Å². The summed E-state index contributed by atoms with van der Waals surface area (Å²) < 4.78 is 5.18. The zero-order chi connectivity index (χ0) is 14.5. The number of hydrogen-bond donors (Lipinski definition) is 2. The SMILES string of the molecule is CC(C)(C)OC(=O)NCC(C)(O)C1CCCCCC1. The third-order valence-corrected chi connectivity index (χ3v) is 3.72. The molecule has 0 radical (unpaired) electrons. The molecule has 0 aromatic heterocycles. The summed E-state index contributed by atoms with van der Waals surface area (Å²) in [6.45, 7) is 7.56. The second kappa shape index (κ2) is 6.60. The van der Waals surface area contributed by atoms with Gasteiger partial charge < -0.3 is 15.2 Å². The fourth-order valence-corrected chi connectivity index (χ4v) is 2.61. The summed E-state index contributed by atoms with van der Waals surface area (Å²) in [7, 11) is 0. The molecule has 112 valence electrons. The van der Waals surface area contributed by atoms with Gasteiger partial charge in [0, 0.05) is 6.54 Å². The van der Waals surface area contributed by atoms with E-state index in [-0.39, 0.29) is 12.5 Å². The maximum absolute atomic E-state index is 11.6. The molecular weight excluding hydrogens is 242 g/mol. The normalized spacial score (nSPS) is 21.3. The molecule has 1 fully saturated rings. The molecule has 1 aliphatic carbocycles. The van der Waals surface area contributed by atoms with Crippen molar-refractivity contribution in [2.24, 2.45) is 5.92 Å². The van der Waals surface area contributed by atoms with Gasteiger partial charge in [-0.1, -0.05) is 25.7 Å². The standard InChI is InChI=1S/C15H29NO3/c1-14(2,3)19-13(17)16-11-15(4,18)12-9-7-5-6-8-10-12/h12,18H,5-11H2,1-4H3,(H,16,17). The van der Waals surface area contributed by atoms with Gasteiger partial charge in [0.15, 0.2) is 0 Å². The van der Waals surface area contributed by atoms with Crippen molar-refractivity contribution in [1.29, 1.82) is 0 Å². The monoisotopic (exact) mass is 271 g/mol. The largest absolute Gasteiger partial charge is 0.444 e. The second-order valence-corrected chi connectivity index (χ2v) is 6.90. The maximum atomic E-state index is 11.6. The van der Waals surface area contributed by atoms with E-state index in [0.717, 1.165) is 12.8 Å². The molecule has 1 amide bonds. The molecule has 0 bridgehead atoms. The highest BCUT2D eigenvalue weighted by molar-refractivity contribution is 5.67. The summed E-state index contributed by atoms with van der Waals surface area (Å²) in [5, 5.41) is 13.2. The number of ether oxygens (including phenoxy) is 1. The lowest BCUT2D eigenvalue weighted by atomic mass is 9.83. The maximum Gasteiger partial charge on any atom is 0.407 e. The van der Waals surface area contributed by atoms with Crippen molar-refractivity contribution >= 4 is 6.09 Å². The smallest absolute Gasteiger partial charge is 0.407 e. The first kappa shape index (κ1) is 16.3. The van der Waals surface area contributed by atoms with Gasteiger partial charge in [0.05, 0.1) is 5.60 Å². The molecule has 4 nitrogen and oxygen atoms in total. The van der Waals surface area contributed by atoms with Crippen LogP contribution in [0.2, 0.25) is 0 Å². The molecular formula is C15H29NO3. The third kappa shape index (κ3) is 6.28. The Morgan fingerprint density at radius 1 is 1.16 bits per heavy atom. The van der Waals surface area contributed by atoms with Gasteiger partial charge in [-0.15, -0.1) is 0 Å². The summed E-state index contributed by atoms with van der Waals surface area (Å²) in [5.74, 6) is 0.268. The Labute approximate surface area is 116 Å². The topological polar surface area (TPSA) is 58.6 Å². The molecule has 0 aliphatic heterocycles. The predicted molar refractivity (Wildman–Crippen MR) is 76.1 cm³/mol. The quantitative estimate of drug-likeness (QED) is 0.775. The number of rotatable bonds is 3. The lowest BCUT2D eigenvalue weighted by molar-refractivity contribution is -0.0112. The van der Waals surface area contributed by atoms with E-state index in [1.54, 1.807) is 0 Å². The van der Waals surface area contributed by atoms with Gasteiger partial charge in [-0.2, -0.15) is 0 Å². The molecule has 1 rings (SSSR count). The molecule has 2 N–H and O–H groups in total. The van der Waals surface area contributed by atoms with Gasteiger partial charge in [-0.3, -0.25) is 0 Å². The summed E-state index contributed by atoms with van der Waals surface area (Å²) in [6.07, 6.45) is 6.49. The minimum absolute atomic E-state index is 0.257. The highest BCUT2D eigenvalue weighted by atomic mass is 16.6. The Morgan fingerprint density at radius 3 is 2.16 bits per heavy atom. The number of amides is 1. The van der Waals surface area contributed by atoms with Gasteiger partial charge in [0.25, 0.3) is 0 Å². The average molecular weight is 271 g/mol. The summed E-state index contributed by atoms with van der Waals surface area (Å²) >= 11 is 0. The first-order valence-electron chi connectivity index (χ1n) is 7.40. The molecule has 1 aliphatic rings. The fraction of sp³-hybridized carbons (Fsp3) is 0.933. The van der Waals surface area contributed by atoms with Crippen molar-refractivity contribution in [3.8, 4) is 0 Å². The van der Waals surface area contributed by atoms with Crippen LogP contribution in [0.15, 0.2) is 0 Å². The Kier molecular flexibility index (Phi) is 5.65. The fourth-order valence-electron chi connectivity index (χ4n) is 2.61. The van der Waals surface area contributed by atoms with Crippen LogP contribution in [-0.2, 0) is 4.74 Å². The van der Waals surface area contributed by atoms with Crippen LogP contribution in [0, 0.1) is 5.92 Å². The van der Waals surface area contributed by atoms with Crippen LogP contribution in [0.4, 0.5) is 4.79 Å². The minimum atomic E-state index is -0.846. The lowest BCUT2D eigenvalue weighted by Crippen LogP contribution is -2.47. The van der Waals surface area contributed by atoms with Crippen molar-refractivity contribution in [3.05, 3.63) is 0 Å². The third-order valence-electron chi connectivity index (χ3n) is 3.72. The van der Waals surface area contributed by atoms with E-state index in [1.807, 2.05) is 27.7 Å². The van der Waals surface area contributed by atoms with Gasteiger partial charge in [-0.05, 0) is 46.5 Å². The van der Waals surface area contributed by atoms with Gasteiger partial charge in [0.1, 0.15) is 5.60 Å². The summed E-state index contributed by atoms with van der Waals surface area (Å²) in [5.41, 5.74) is -1.35. The minimum Gasteiger partial charge on any atom is -0.444 e. The molecule has 1 atom stereocenters. The average Bonchev–Trinajstić information content (AvgIpc) is 2.53. The molecule has 0 aromatic rings. The van der Waals surface area contributed by atoms with Crippen molar-refractivity contribution in [1.82, 2.24) is 5.32 Å². The number of nitrogens with one attached hydrogen (secondary N) is 1. The van der Waals surface area contributed by atoms with Gasteiger partial charge >= 0.3 is 6.09 Å². The highest BCUT2D eigenvalue weighted by Gasteiger charge is 2.32. The summed E-state index contributed by atoms with van der Waals surface area (Å²) in [6, 6.07) is 0. The number of carbonyl (C=O) groups is 1. The Hall–Kier alpha value is -0.770. The van der Waals surface area contributed by atoms with E-state index in [4.69, 9.17) is 4.74 Å². The molecule has 0 saturated heterocycles. The van der Waals surface area contributed by atoms with Crippen LogP contribution in [0.25, 0.3) is 0 Å². The first-order chi connectivity index (χ1) is 8.71. The first-order valence-corrected chi connectivity index (χ1v) is 7.40. The van der Waals surface area contributed by atoms with Crippen LogP contribution < -0.4 is 5.32 Å². The van der Waals surface area contributed by atoms with E-state index in [1.165, 1.54) is 25.7 Å². The Balaban J connectivity index is 2.42. The zero-order valence-electron chi connectivity index (χ0n) is 12.8. The summed E-state index contributed by atoms with van der Waals surface area (Å²) in [4.78, 5) is 11.6. The Morgan fingerprint density at radius 2 is 1.68 bits per heavy atom. The second-order valence-electron chi connectivity index (χ2n) is 6.90. The molecule has 1 unspecified atom stereocenters. The number of aliphatic hydroxyl groups is 1. The molecule has 0 aromatic carbocycles. The van der Waals surface area contributed by atoms with E-state index < -0.39 is 17.3 Å². The van der Waals surface area contributed by atoms with Crippen LogP contribution in [0.3, 0.4) is 0 Å². The van der Waals surface area contributed by atoms with E-state index >= 15 is 0 Å². The van der Waals surface area contributed by atoms with Crippen molar-refractivity contribution in [3.63, 3.8) is 0 Å². The van der Waals surface area contributed by atoms with Gasteiger partial charge in [0.2, 0.25) is 0 Å². The van der Waals surface area contributed by atoms with Crippen LogP contribution in [-0.4, -0.2) is 28.9 Å². The van der Waals surface area contributed by atoms with Gasteiger partial charge in [-0.25, -0.2) is 4.79 Å². The highest BCUT2D eigenvalue weighted by Crippen LogP contribution is 2.31. The number of hydrogen-bond acceptors (Lipinski definition) is 3. The van der Waals surface area contributed by atoms with Crippen molar-refractivity contribution in [2.75, 3.05) is 6.54 Å². The lowest BCUT2D eigenvalue weighted by Gasteiger charge is -2.33. The Bertz CT molecular complexity index is 286. The van der Waals surface area contributed by atoms with E-state index in [2.05, 4.69) is 5.32 Å². The zero-order valence-corrected chi connectivity index (χ0v) is 12.8. The number of alkyl carbamates (subject to hydrolysis) is 1. The van der Waals surface area contributed by atoms with Crippen LogP contribution >= 0.6 is 0 Å². The molecule has 0 heterocycles. The molecule has 1 saturated carbocycles. The molecule has 4 heteroatoms. The number of carbonyl (C=O) groups excluding carboxylic acids is 1. The molecule has 0 spiro atoms. The molecule has 19 heavy (non-hydrogen) atoms. The van der Waals surface area contributed by atoms with Crippen LogP contribution in [0.1, 0.15) is 66.2 Å². The van der Waals surface area contributed by atoms with E-state index in [0.29, 0.717) is 0 Å². The van der Waals surface area contributed by atoms with Crippen molar-refractivity contribution in [2.45, 2.75) is 77.4 Å².